The van der Waals surface area contributed by atoms with Gasteiger partial charge in [0.1, 0.15) is 5.82 Å². The van der Waals surface area contributed by atoms with Gasteiger partial charge in [0.2, 0.25) is 11.1 Å². The number of benzene rings is 2. The van der Waals surface area contributed by atoms with Gasteiger partial charge in [-0.1, -0.05) is 43.0 Å². The van der Waals surface area contributed by atoms with Crippen LogP contribution in [0.2, 0.25) is 0 Å². The minimum Gasteiger partial charge on any atom is -0.323 e. The van der Waals surface area contributed by atoms with E-state index in [0.29, 0.717) is 29.2 Å². The topological polar surface area (TPSA) is 70.7 Å². The molecule has 152 valence electrons. The van der Waals surface area contributed by atoms with Gasteiger partial charge in [-0.05, 0) is 30.2 Å². The van der Waals surface area contributed by atoms with E-state index in [1.165, 1.54) is 5.56 Å². The van der Waals surface area contributed by atoms with Gasteiger partial charge in [0, 0.05) is 5.56 Å². The Bertz CT molecular complexity index is 1000. The molecular formula is C19H16F4N4OS. The average molecular weight is 424 g/mol. The number of thioether (sulfide) groups is 1. The summed E-state index contributed by atoms with van der Waals surface area (Å²) >= 11 is 0.976. The maximum atomic E-state index is 13.7. The molecule has 0 unspecified atom stereocenters. The summed E-state index contributed by atoms with van der Waals surface area (Å²) < 4.78 is 51.9. The summed E-state index contributed by atoms with van der Waals surface area (Å²) in [6.07, 6.45) is -3.72. The number of hydrogen-bond acceptors (Lipinski definition) is 4. The summed E-state index contributed by atoms with van der Waals surface area (Å²) in [5.74, 6) is -1.29. The van der Waals surface area contributed by atoms with Crippen LogP contribution in [-0.4, -0.2) is 26.8 Å². The van der Waals surface area contributed by atoms with Crippen molar-refractivity contribution >= 4 is 23.4 Å². The highest BCUT2D eigenvalue weighted by Gasteiger charge is 2.31. The lowest BCUT2D eigenvalue weighted by Crippen LogP contribution is -2.16. The molecule has 0 spiro atoms. The van der Waals surface area contributed by atoms with E-state index in [1.54, 1.807) is 0 Å². The Hall–Kier alpha value is -2.88. The quantitative estimate of drug-likeness (QED) is 0.435. The molecule has 0 fully saturated rings. The van der Waals surface area contributed by atoms with Crippen molar-refractivity contribution in [1.29, 1.82) is 0 Å². The zero-order chi connectivity index (χ0) is 21.0. The molecule has 0 aliphatic heterocycles. The van der Waals surface area contributed by atoms with Gasteiger partial charge in [-0.3, -0.25) is 9.89 Å². The van der Waals surface area contributed by atoms with E-state index in [-0.39, 0.29) is 5.75 Å². The van der Waals surface area contributed by atoms with E-state index in [9.17, 15) is 22.4 Å². The summed E-state index contributed by atoms with van der Waals surface area (Å²) in [6, 6.07) is 9.58. The Morgan fingerprint density at radius 3 is 2.55 bits per heavy atom. The summed E-state index contributed by atoms with van der Waals surface area (Å²) in [5.41, 5.74) is 0.435. The normalized spacial score (nSPS) is 11.5. The van der Waals surface area contributed by atoms with Crippen LogP contribution in [0, 0.1) is 5.82 Å². The van der Waals surface area contributed by atoms with Crippen LogP contribution >= 0.6 is 11.8 Å². The summed E-state index contributed by atoms with van der Waals surface area (Å²) in [5, 5.41) is 9.20. The van der Waals surface area contributed by atoms with E-state index < -0.39 is 29.2 Å². The molecule has 1 amide bonds. The number of alkyl halides is 3. The Morgan fingerprint density at radius 2 is 1.90 bits per heavy atom. The number of nitrogens with one attached hydrogen (secondary N) is 2. The summed E-state index contributed by atoms with van der Waals surface area (Å²) in [4.78, 5) is 16.3. The number of H-pyrrole nitrogens is 1. The van der Waals surface area contributed by atoms with Crippen molar-refractivity contribution < 1.29 is 22.4 Å². The molecule has 0 aliphatic rings. The maximum Gasteiger partial charge on any atom is 0.416 e. The van der Waals surface area contributed by atoms with Gasteiger partial charge in [0.05, 0.1) is 17.0 Å². The minimum atomic E-state index is -4.63. The highest BCUT2D eigenvalue weighted by molar-refractivity contribution is 7.99. The highest BCUT2D eigenvalue weighted by atomic mass is 32.2. The summed E-state index contributed by atoms with van der Waals surface area (Å²) in [6.45, 7) is 2.05. The second-order valence-corrected chi connectivity index (χ2v) is 6.99. The molecule has 0 aliphatic carbocycles. The number of rotatable bonds is 6. The Labute approximate surface area is 167 Å². The number of hydrogen-bond donors (Lipinski definition) is 2. The third-order valence-corrected chi connectivity index (χ3v) is 4.85. The second-order valence-electron chi connectivity index (χ2n) is 6.05. The van der Waals surface area contributed by atoms with Gasteiger partial charge in [0.25, 0.3) is 0 Å². The monoisotopic (exact) mass is 424 g/mol. The molecule has 10 heteroatoms. The number of aromatic nitrogens is 3. The number of aryl methyl sites for hydroxylation is 1. The molecule has 0 saturated carbocycles. The third kappa shape index (κ3) is 5.35. The van der Waals surface area contributed by atoms with E-state index in [1.807, 2.05) is 24.3 Å². The number of aromatic amines is 1. The molecule has 3 rings (SSSR count). The van der Waals surface area contributed by atoms with E-state index in [2.05, 4.69) is 27.4 Å². The molecule has 0 saturated heterocycles. The lowest BCUT2D eigenvalue weighted by atomic mass is 10.1. The standard InChI is InChI=1S/C19H16F4N4OS/c1-2-11-3-5-12(6-4-11)17-25-18(27-26-17)29-10-16(28)24-15-9-13(19(21,22)23)7-8-14(15)20/h3-9H,2,10H2,1H3,(H,24,28)(H,25,26,27). The van der Waals surface area contributed by atoms with Crippen LogP contribution in [0.5, 0.6) is 0 Å². The smallest absolute Gasteiger partial charge is 0.323 e. The zero-order valence-corrected chi connectivity index (χ0v) is 16.0. The SMILES string of the molecule is CCc1ccc(-c2nc(SCC(=O)Nc3cc(C(F)(F)F)ccc3F)n[nH]2)cc1. The predicted molar refractivity (Wildman–Crippen MR) is 102 cm³/mol. The Morgan fingerprint density at radius 1 is 1.17 bits per heavy atom. The Balaban J connectivity index is 1.61. The zero-order valence-electron chi connectivity index (χ0n) is 15.2. The van der Waals surface area contributed by atoms with Gasteiger partial charge in [-0.2, -0.15) is 13.2 Å². The Kier molecular flexibility index (Phi) is 6.21. The molecule has 0 radical (unpaired) electrons. The van der Waals surface area contributed by atoms with Crippen LogP contribution in [0.1, 0.15) is 18.1 Å². The van der Waals surface area contributed by atoms with Crippen LogP contribution in [0.4, 0.5) is 23.2 Å². The van der Waals surface area contributed by atoms with Crippen LogP contribution in [-0.2, 0) is 17.4 Å². The van der Waals surface area contributed by atoms with Crippen LogP contribution in [0.15, 0.2) is 47.6 Å². The number of nitrogens with zero attached hydrogens (tertiary/aromatic N) is 2. The number of amides is 1. The minimum absolute atomic E-state index is 0.193. The largest absolute Gasteiger partial charge is 0.416 e. The van der Waals surface area contributed by atoms with Crippen molar-refractivity contribution in [1.82, 2.24) is 15.2 Å². The van der Waals surface area contributed by atoms with Gasteiger partial charge in [-0.25, -0.2) is 9.37 Å². The molecule has 3 aromatic rings. The number of halogens is 4. The number of carbonyl (C=O) groups excluding carboxylic acids is 1. The molecule has 0 atom stereocenters. The van der Waals surface area contributed by atoms with E-state index in [4.69, 9.17) is 0 Å². The van der Waals surface area contributed by atoms with Gasteiger partial charge in [-0.15, -0.1) is 5.10 Å². The van der Waals surface area contributed by atoms with Gasteiger partial charge in [0.15, 0.2) is 5.82 Å². The molecular weight excluding hydrogens is 408 g/mol. The van der Waals surface area contributed by atoms with Crippen molar-refractivity contribution in [2.45, 2.75) is 24.7 Å². The van der Waals surface area contributed by atoms with Gasteiger partial charge < -0.3 is 5.32 Å². The number of anilines is 1. The van der Waals surface area contributed by atoms with Gasteiger partial charge >= 0.3 is 6.18 Å². The molecule has 2 aromatic carbocycles. The molecule has 2 N–H and O–H groups in total. The van der Waals surface area contributed by atoms with E-state index >= 15 is 0 Å². The average Bonchev–Trinajstić information content (AvgIpc) is 3.16. The lowest BCUT2D eigenvalue weighted by Gasteiger charge is -2.10. The van der Waals surface area contributed by atoms with Crippen LogP contribution in [0.3, 0.4) is 0 Å². The van der Waals surface area contributed by atoms with Crippen LogP contribution < -0.4 is 5.32 Å². The lowest BCUT2D eigenvalue weighted by molar-refractivity contribution is -0.137. The third-order valence-electron chi connectivity index (χ3n) is 4.00. The van der Waals surface area contributed by atoms with Crippen molar-refractivity contribution in [3.63, 3.8) is 0 Å². The molecule has 1 heterocycles. The first kappa shape index (κ1) is 20.8. The summed E-state index contributed by atoms with van der Waals surface area (Å²) in [7, 11) is 0. The first-order valence-corrected chi connectivity index (χ1v) is 9.56. The van der Waals surface area contributed by atoms with Crippen molar-refractivity contribution in [3.8, 4) is 11.4 Å². The van der Waals surface area contributed by atoms with Crippen LogP contribution in [0.25, 0.3) is 11.4 Å². The fraction of sp³-hybridized carbons (Fsp3) is 0.211. The number of carbonyl (C=O) groups is 1. The van der Waals surface area contributed by atoms with Crippen molar-refractivity contribution in [2.24, 2.45) is 0 Å². The second kappa shape index (κ2) is 8.64. The molecule has 5 nitrogen and oxygen atoms in total. The molecule has 1 aromatic heterocycles. The van der Waals surface area contributed by atoms with Crippen molar-refractivity contribution in [3.05, 3.63) is 59.4 Å². The fourth-order valence-corrected chi connectivity index (χ4v) is 3.05. The highest BCUT2D eigenvalue weighted by Crippen LogP contribution is 2.32. The van der Waals surface area contributed by atoms with Crippen molar-refractivity contribution in [2.75, 3.05) is 11.1 Å². The first-order valence-electron chi connectivity index (χ1n) is 8.57. The molecule has 29 heavy (non-hydrogen) atoms. The molecule has 0 bridgehead atoms. The first-order chi connectivity index (χ1) is 13.8. The van der Waals surface area contributed by atoms with E-state index in [0.717, 1.165) is 23.7 Å². The maximum absolute atomic E-state index is 13.7. The fourth-order valence-electron chi connectivity index (χ4n) is 2.45. The predicted octanol–water partition coefficient (Wildman–Crippen LogP) is 4.92.